The highest BCUT2D eigenvalue weighted by molar-refractivity contribution is 6.30. The highest BCUT2D eigenvalue weighted by Gasteiger charge is 2.13. The first-order valence-electron chi connectivity index (χ1n) is 10.6. The molecule has 11 heteroatoms. The van der Waals surface area contributed by atoms with E-state index in [1.54, 1.807) is 30.3 Å². The molecule has 0 unspecified atom stereocenters. The van der Waals surface area contributed by atoms with Crippen molar-refractivity contribution in [1.82, 2.24) is 5.32 Å². The van der Waals surface area contributed by atoms with Crippen molar-refractivity contribution in [2.75, 3.05) is 18.5 Å². The molecule has 2 amide bonds. The van der Waals surface area contributed by atoms with Crippen LogP contribution >= 0.6 is 11.6 Å². The maximum atomic E-state index is 13.1. The van der Waals surface area contributed by atoms with Crippen LogP contribution in [-0.2, 0) is 16.1 Å². The van der Waals surface area contributed by atoms with E-state index in [1.165, 1.54) is 36.4 Å². The van der Waals surface area contributed by atoms with Crippen LogP contribution < -0.4 is 21.1 Å². The SMILES string of the molecule is NC(=NCC(=O)O)c1ccc(CNC(=O)c2cccc(Cl)c2)c(OCC(=O)Nc2ccc(F)cc2)c1. The molecule has 0 radical (unpaired) electrons. The van der Waals surface area contributed by atoms with Crippen molar-refractivity contribution in [3.8, 4) is 5.75 Å². The number of halogens is 2. The molecule has 3 aromatic rings. The Bertz CT molecular complexity index is 1300. The number of nitrogens with one attached hydrogen (secondary N) is 2. The van der Waals surface area contributed by atoms with Gasteiger partial charge in [0.05, 0.1) is 0 Å². The molecule has 0 spiro atoms. The zero-order valence-corrected chi connectivity index (χ0v) is 19.6. The number of rotatable bonds is 10. The van der Waals surface area contributed by atoms with Gasteiger partial charge < -0.3 is 26.2 Å². The van der Waals surface area contributed by atoms with Crippen LogP contribution in [0.3, 0.4) is 0 Å². The highest BCUT2D eigenvalue weighted by Crippen LogP contribution is 2.22. The number of carbonyl (C=O) groups excluding carboxylic acids is 2. The van der Waals surface area contributed by atoms with Crippen molar-refractivity contribution in [2.45, 2.75) is 6.54 Å². The zero-order valence-electron chi connectivity index (χ0n) is 18.8. The van der Waals surface area contributed by atoms with Gasteiger partial charge in [-0.05, 0) is 48.5 Å². The Balaban J connectivity index is 1.75. The van der Waals surface area contributed by atoms with Gasteiger partial charge in [0.1, 0.15) is 23.9 Å². The fourth-order valence-electron chi connectivity index (χ4n) is 3.02. The quantitative estimate of drug-likeness (QED) is 0.242. The summed E-state index contributed by atoms with van der Waals surface area (Å²) in [6, 6.07) is 16.4. The first-order chi connectivity index (χ1) is 17.2. The predicted molar refractivity (Wildman–Crippen MR) is 133 cm³/mol. The number of hydrogen-bond acceptors (Lipinski definition) is 5. The second-order valence-electron chi connectivity index (χ2n) is 7.45. The van der Waals surface area contributed by atoms with Crippen molar-refractivity contribution in [3.05, 3.63) is 94.3 Å². The van der Waals surface area contributed by atoms with Gasteiger partial charge in [-0.25, -0.2) is 4.39 Å². The lowest BCUT2D eigenvalue weighted by atomic mass is 10.1. The lowest BCUT2D eigenvalue weighted by Crippen LogP contribution is -2.24. The number of anilines is 1. The van der Waals surface area contributed by atoms with Gasteiger partial charge in [0.15, 0.2) is 6.61 Å². The van der Waals surface area contributed by atoms with E-state index in [2.05, 4.69) is 15.6 Å². The summed E-state index contributed by atoms with van der Waals surface area (Å²) in [5, 5.41) is 14.6. The van der Waals surface area contributed by atoms with E-state index >= 15 is 0 Å². The molecule has 0 fully saturated rings. The van der Waals surface area contributed by atoms with Crippen LogP contribution in [0, 0.1) is 5.82 Å². The Morgan fingerprint density at radius 3 is 2.47 bits per heavy atom. The molecule has 36 heavy (non-hydrogen) atoms. The first-order valence-corrected chi connectivity index (χ1v) is 11.0. The van der Waals surface area contributed by atoms with Gasteiger partial charge in [0.2, 0.25) is 0 Å². The second kappa shape index (κ2) is 12.3. The number of carboxylic acid groups (broad SMARTS) is 1. The highest BCUT2D eigenvalue weighted by atomic mass is 35.5. The predicted octanol–water partition coefficient (Wildman–Crippen LogP) is 3.22. The molecule has 0 aliphatic rings. The average molecular weight is 513 g/mol. The summed E-state index contributed by atoms with van der Waals surface area (Å²) >= 11 is 5.94. The number of amidine groups is 1. The molecule has 0 saturated heterocycles. The van der Waals surface area contributed by atoms with Gasteiger partial charge in [-0.15, -0.1) is 0 Å². The third-order valence-corrected chi connectivity index (χ3v) is 5.00. The molecule has 5 N–H and O–H groups in total. The number of ether oxygens (including phenoxy) is 1. The van der Waals surface area contributed by atoms with Gasteiger partial charge in [-0.3, -0.25) is 19.4 Å². The fourth-order valence-corrected chi connectivity index (χ4v) is 3.21. The lowest BCUT2D eigenvalue weighted by Gasteiger charge is -2.14. The van der Waals surface area contributed by atoms with Crippen LogP contribution in [0.25, 0.3) is 0 Å². The molecule has 9 nitrogen and oxygen atoms in total. The van der Waals surface area contributed by atoms with E-state index in [1.807, 2.05) is 0 Å². The maximum absolute atomic E-state index is 13.1. The minimum Gasteiger partial charge on any atom is -0.483 e. The molecule has 3 aromatic carbocycles. The monoisotopic (exact) mass is 512 g/mol. The molecule has 0 bridgehead atoms. The van der Waals surface area contributed by atoms with Gasteiger partial charge in [0, 0.05) is 33.9 Å². The summed E-state index contributed by atoms with van der Waals surface area (Å²) < 4.78 is 18.8. The van der Waals surface area contributed by atoms with E-state index in [4.69, 9.17) is 27.2 Å². The minimum absolute atomic E-state index is 0.0347. The van der Waals surface area contributed by atoms with Crippen LogP contribution in [0.5, 0.6) is 5.75 Å². The van der Waals surface area contributed by atoms with Gasteiger partial charge in [0.25, 0.3) is 11.8 Å². The number of benzene rings is 3. The summed E-state index contributed by atoms with van der Waals surface area (Å²) in [6.07, 6.45) is 0. The fraction of sp³-hybridized carbons (Fsp3) is 0.120. The lowest BCUT2D eigenvalue weighted by molar-refractivity contribution is -0.135. The molecule has 0 aliphatic carbocycles. The minimum atomic E-state index is -1.15. The average Bonchev–Trinajstić information content (AvgIpc) is 2.86. The smallest absolute Gasteiger partial charge is 0.325 e. The van der Waals surface area contributed by atoms with Crippen LogP contribution in [-0.4, -0.2) is 41.9 Å². The number of carboxylic acids is 1. The van der Waals surface area contributed by atoms with Gasteiger partial charge in [-0.1, -0.05) is 29.8 Å². The van der Waals surface area contributed by atoms with E-state index in [-0.39, 0.29) is 24.0 Å². The molecular weight excluding hydrogens is 491 g/mol. The molecule has 0 heterocycles. The molecule has 186 valence electrons. The van der Waals surface area contributed by atoms with E-state index in [0.29, 0.717) is 27.4 Å². The van der Waals surface area contributed by atoms with Crippen molar-refractivity contribution in [2.24, 2.45) is 10.7 Å². The molecule has 0 atom stereocenters. The second-order valence-corrected chi connectivity index (χ2v) is 7.89. The van der Waals surface area contributed by atoms with E-state index in [0.717, 1.165) is 0 Å². The third-order valence-electron chi connectivity index (χ3n) is 4.76. The maximum Gasteiger partial charge on any atom is 0.325 e. The van der Waals surface area contributed by atoms with E-state index in [9.17, 15) is 18.8 Å². The van der Waals surface area contributed by atoms with Crippen molar-refractivity contribution < 1.29 is 28.6 Å². The Morgan fingerprint density at radius 2 is 1.78 bits per heavy atom. The van der Waals surface area contributed by atoms with Gasteiger partial charge in [-0.2, -0.15) is 0 Å². The number of aliphatic imine (C=N–C) groups is 1. The van der Waals surface area contributed by atoms with Crippen LogP contribution in [0.1, 0.15) is 21.5 Å². The first kappa shape index (κ1) is 26.2. The summed E-state index contributed by atoms with van der Waals surface area (Å²) in [4.78, 5) is 39.4. The number of nitrogens with zero attached hydrogens (tertiary/aromatic N) is 1. The Hall–Kier alpha value is -4.44. The molecule has 0 aliphatic heterocycles. The van der Waals surface area contributed by atoms with Crippen molar-refractivity contribution >= 4 is 40.9 Å². The molecule has 0 aromatic heterocycles. The summed E-state index contributed by atoms with van der Waals surface area (Å²) in [6.45, 7) is -0.867. The molecule has 3 rings (SSSR count). The zero-order chi connectivity index (χ0) is 26.1. The topological polar surface area (TPSA) is 143 Å². The van der Waals surface area contributed by atoms with Crippen LogP contribution in [0.2, 0.25) is 5.02 Å². The van der Waals surface area contributed by atoms with Crippen molar-refractivity contribution in [1.29, 1.82) is 0 Å². The van der Waals surface area contributed by atoms with E-state index < -0.39 is 30.8 Å². The Kier molecular flexibility index (Phi) is 8.95. The van der Waals surface area contributed by atoms with Crippen molar-refractivity contribution in [3.63, 3.8) is 0 Å². The number of amides is 2. The van der Waals surface area contributed by atoms with Crippen LogP contribution in [0.4, 0.5) is 10.1 Å². The largest absolute Gasteiger partial charge is 0.483 e. The molecule has 0 saturated carbocycles. The Morgan fingerprint density at radius 1 is 1.03 bits per heavy atom. The number of aliphatic carboxylic acids is 1. The summed E-state index contributed by atoms with van der Waals surface area (Å²) in [5.74, 6) is -2.27. The van der Waals surface area contributed by atoms with Crippen LogP contribution in [0.15, 0.2) is 71.7 Å². The number of nitrogens with two attached hydrogens (primary N) is 1. The summed E-state index contributed by atoms with van der Waals surface area (Å²) in [7, 11) is 0. The van der Waals surface area contributed by atoms with Gasteiger partial charge >= 0.3 is 5.97 Å². The summed E-state index contributed by atoms with van der Waals surface area (Å²) in [5.41, 5.74) is 7.53. The molecular formula is C25H22ClFN4O5. The standard InChI is InChI=1S/C25H22ClFN4O5/c26-18-3-1-2-16(10-18)25(35)30-12-17-5-4-15(24(28)29-13-23(33)34)11-21(17)36-14-22(32)31-20-8-6-19(27)7-9-20/h1-11H,12-14H2,(H2,28,29)(H,30,35)(H,31,32)(H,33,34). The number of hydrogen-bond donors (Lipinski definition) is 4. The number of carbonyl (C=O) groups is 3. The third kappa shape index (κ3) is 7.81. The Labute approximate surface area is 210 Å². The normalized spacial score (nSPS) is 11.0.